The zero-order valence-electron chi connectivity index (χ0n) is 8.36. The number of nitriles is 1. The molecule has 1 aromatic heterocycles. The average molecular weight is 287 g/mol. The van der Waals surface area contributed by atoms with E-state index in [2.05, 4.69) is 15.9 Å². The Morgan fingerprint density at radius 1 is 1.73 bits per heavy atom. The Morgan fingerprint density at radius 2 is 2.47 bits per heavy atom. The predicted molar refractivity (Wildman–Crippen MR) is 63.8 cm³/mol. The van der Waals surface area contributed by atoms with E-state index < -0.39 is 0 Å². The lowest BCUT2D eigenvalue weighted by Gasteiger charge is -2.17. The Bertz CT molecular complexity index is 383. The van der Waals surface area contributed by atoms with Gasteiger partial charge in [-0.1, -0.05) is 6.92 Å². The van der Waals surface area contributed by atoms with Crippen LogP contribution in [0.25, 0.3) is 0 Å². The molecule has 0 fully saturated rings. The summed E-state index contributed by atoms with van der Waals surface area (Å²) in [5.41, 5.74) is 0. The van der Waals surface area contributed by atoms with Gasteiger partial charge >= 0.3 is 0 Å². The monoisotopic (exact) mass is 286 g/mol. The number of hydrogen-bond donors (Lipinski definition) is 0. The number of amides is 1. The van der Waals surface area contributed by atoms with Gasteiger partial charge in [-0.2, -0.15) is 5.26 Å². The summed E-state index contributed by atoms with van der Waals surface area (Å²) in [4.78, 5) is 14.2. The first-order chi connectivity index (χ1) is 7.20. The molecule has 1 heterocycles. The summed E-state index contributed by atoms with van der Waals surface area (Å²) in [6.45, 7) is 2.76. The molecule has 1 amide bonds. The normalized spacial score (nSPS) is 9.67. The van der Waals surface area contributed by atoms with Gasteiger partial charge in [-0.05, 0) is 33.8 Å². The average Bonchev–Trinajstić information content (AvgIpc) is 2.63. The van der Waals surface area contributed by atoms with Gasteiger partial charge in [0.2, 0.25) is 0 Å². The summed E-state index contributed by atoms with van der Waals surface area (Å²) in [5.74, 6) is -0.0692. The zero-order valence-corrected chi connectivity index (χ0v) is 10.8. The van der Waals surface area contributed by atoms with E-state index in [1.807, 2.05) is 24.4 Å². The van der Waals surface area contributed by atoms with Crippen LogP contribution in [-0.2, 0) is 0 Å². The van der Waals surface area contributed by atoms with Crippen LogP contribution in [0, 0.1) is 11.3 Å². The maximum absolute atomic E-state index is 12.0. The summed E-state index contributed by atoms with van der Waals surface area (Å²) in [5, 5.41) is 10.5. The third kappa shape index (κ3) is 3.05. The van der Waals surface area contributed by atoms with E-state index in [-0.39, 0.29) is 12.5 Å². The highest BCUT2D eigenvalue weighted by molar-refractivity contribution is 9.10. The van der Waals surface area contributed by atoms with E-state index >= 15 is 0 Å². The molecule has 80 valence electrons. The molecule has 1 aromatic rings. The van der Waals surface area contributed by atoms with E-state index in [0.29, 0.717) is 11.4 Å². The topological polar surface area (TPSA) is 44.1 Å². The Morgan fingerprint density at radius 3 is 2.93 bits per heavy atom. The molecule has 0 N–H and O–H groups in total. The van der Waals surface area contributed by atoms with Crippen molar-refractivity contribution in [3.63, 3.8) is 0 Å². The van der Waals surface area contributed by atoms with E-state index in [1.165, 1.54) is 11.3 Å². The number of carbonyl (C=O) groups is 1. The highest BCUT2D eigenvalue weighted by Gasteiger charge is 2.18. The Balaban J connectivity index is 2.81. The van der Waals surface area contributed by atoms with E-state index in [9.17, 15) is 4.79 Å². The van der Waals surface area contributed by atoms with Crippen LogP contribution in [-0.4, -0.2) is 23.9 Å². The molecule has 0 radical (unpaired) electrons. The van der Waals surface area contributed by atoms with Gasteiger partial charge < -0.3 is 4.90 Å². The van der Waals surface area contributed by atoms with Crippen LogP contribution in [0.2, 0.25) is 0 Å². The zero-order chi connectivity index (χ0) is 11.3. The van der Waals surface area contributed by atoms with Crippen molar-refractivity contribution in [2.75, 3.05) is 13.1 Å². The van der Waals surface area contributed by atoms with Gasteiger partial charge in [-0.15, -0.1) is 11.3 Å². The maximum atomic E-state index is 12.0. The number of rotatable bonds is 4. The summed E-state index contributed by atoms with van der Waals surface area (Å²) in [6, 6.07) is 3.85. The van der Waals surface area contributed by atoms with Gasteiger partial charge in [0.25, 0.3) is 5.91 Å². The van der Waals surface area contributed by atoms with Gasteiger partial charge in [-0.3, -0.25) is 4.79 Å². The lowest BCUT2D eigenvalue weighted by Crippen LogP contribution is -2.31. The van der Waals surface area contributed by atoms with Gasteiger partial charge in [0, 0.05) is 11.0 Å². The molecule has 0 saturated carbocycles. The Kier molecular flexibility index (Phi) is 4.79. The number of halogens is 1. The number of nitrogens with zero attached hydrogens (tertiary/aromatic N) is 2. The van der Waals surface area contributed by atoms with Crippen LogP contribution in [0.1, 0.15) is 23.0 Å². The van der Waals surface area contributed by atoms with Crippen molar-refractivity contribution in [1.82, 2.24) is 4.90 Å². The molecule has 0 aliphatic heterocycles. The molecule has 0 spiro atoms. The number of carbonyl (C=O) groups excluding carboxylic acids is 1. The lowest BCUT2D eigenvalue weighted by molar-refractivity contribution is 0.0780. The highest BCUT2D eigenvalue weighted by Crippen LogP contribution is 2.24. The van der Waals surface area contributed by atoms with Crippen molar-refractivity contribution in [1.29, 1.82) is 5.26 Å². The van der Waals surface area contributed by atoms with Crippen LogP contribution in [0.3, 0.4) is 0 Å². The molecule has 0 unspecified atom stereocenters. The molecule has 0 bridgehead atoms. The molecule has 0 saturated heterocycles. The molecule has 5 heteroatoms. The number of hydrogen-bond acceptors (Lipinski definition) is 3. The lowest BCUT2D eigenvalue weighted by atomic mass is 10.3. The molecule has 0 aliphatic carbocycles. The number of thiophene rings is 1. The quantitative estimate of drug-likeness (QED) is 0.799. The fourth-order valence-electron chi connectivity index (χ4n) is 1.20. The minimum atomic E-state index is -0.0692. The van der Waals surface area contributed by atoms with Crippen molar-refractivity contribution in [3.05, 3.63) is 20.8 Å². The predicted octanol–water partition coefficient (Wildman–Crippen LogP) is 2.89. The molecule has 0 aromatic carbocycles. The van der Waals surface area contributed by atoms with Gasteiger partial charge in [0.15, 0.2) is 0 Å². The molecule has 1 rings (SSSR count). The van der Waals surface area contributed by atoms with Crippen LogP contribution in [0.4, 0.5) is 0 Å². The van der Waals surface area contributed by atoms with Gasteiger partial charge in [-0.25, -0.2) is 0 Å². The van der Waals surface area contributed by atoms with Gasteiger partial charge in [0.05, 0.1) is 6.07 Å². The first-order valence-electron chi connectivity index (χ1n) is 4.60. The second-order valence-electron chi connectivity index (χ2n) is 2.98. The smallest absolute Gasteiger partial charge is 0.265 e. The second-order valence-corrected chi connectivity index (χ2v) is 4.75. The van der Waals surface area contributed by atoms with Crippen LogP contribution in [0.5, 0.6) is 0 Å². The van der Waals surface area contributed by atoms with Crippen molar-refractivity contribution in [2.24, 2.45) is 0 Å². The highest BCUT2D eigenvalue weighted by atomic mass is 79.9. The third-order valence-corrected chi connectivity index (χ3v) is 3.68. The summed E-state index contributed by atoms with van der Waals surface area (Å²) in [6.07, 6.45) is 0.858. The molecular formula is C10H11BrN2OS. The summed E-state index contributed by atoms with van der Waals surface area (Å²) >= 11 is 4.71. The van der Waals surface area contributed by atoms with Crippen LogP contribution >= 0.6 is 27.3 Å². The van der Waals surface area contributed by atoms with Crippen molar-refractivity contribution in [3.8, 4) is 6.07 Å². The minimum absolute atomic E-state index is 0.0692. The molecule has 0 atom stereocenters. The molecule has 3 nitrogen and oxygen atoms in total. The third-order valence-electron chi connectivity index (χ3n) is 1.85. The first-order valence-corrected chi connectivity index (χ1v) is 6.27. The Hall–Kier alpha value is -0.860. The van der Waals surface area contributed by atoms with E-state index in [0.717, 1.165) is 10.9 Å². The van der Waals surface area contributed by atoms with Crippen molar-refractivity contribution >= 4 is 33.2 Å². The summed E-state index contributed by atoms with van der Waals surface area (Å²) in [7, 11) is 0. The van der Waals surface area contributed by atoms with E-state index in [4.69, 9.17) is 5.26 Å². The fraction of sp³-hybridized carbons (Fsp3) is 0.400. The summed E-state index contributed by atoms with van der Waals surface area (Å²) < 4.78 is 0.802. The minimum Gasteiger partial charge on any atom is -0.325 e. The van der Waals surface area contributed by atoms with E-state index in [1.54, 1.807) is 4.90 Å². The molecule has 15 heavy (non-hydrogen) atoms. The van der Waals surface area contributed by atoms with Crippen molar-refractivity contribution < 1.29 is 4.79 Å². The Labute approximate surface area is 101 Å². The van der Waals surface area contributed by atoms with Crippen LogP contribution < -0.4 is 0 Å². The van der Waals surface area contributed by atoms with Crippen molar-refractivity contribution in [2.45, 2.75) is 13.3 Å². The standard InChI is InChI=1S/C10H11BrN2OS/c1-2-5-13(6-4-12)10(14)9-8(11)3-7-15-9/h3,7H,2,5-6H2,1H3. The SMILES string of the molecule is CCCN(CC#N)C(=O)c1sccc1Br. The van der Waals surface area contributed by atoms with Gasteiger partial charge in [0.1, 0.15) is 11.4 Å². The van der Waals surface area contributed by atoms with Crippen LogP contribution in [0.15, 0.2) is 15.9 Å². The fourth-order valence-corrected chi connectivity index (χ4v) is 2.71. The first kappa shape index (κ1) is 12.2. The molecule has 0 aliphatic rings. The molecular weight excluding hydrogens is 276 g/mol. The second kappa shape index (κ2) is 5.89. The maximum Gasteiger partial charge on any atom is 0.265 e. The largest absolute Gasteiger partial charge is 0.325 e.